The number of ether oxygens (including phenoxy) is 1. The van der Waals surface area contributed by atoms with Crippen LogP contribution in [-0.4, -0.2) is 17.5 Å². The van der Waals surface area contributed by atoms with Crippen LogP contribution in [0.25, 0.3) is 0 Å². The van der Waals surface area contributed by atoms with Crippen LogP contribution in [0.4, 0.5) is 0 Å². The minimum absolute atomic E-state index is 0.0143. The lowest BCUT2D eigenvalue weighted by Gasteiger charge is -2.06. The average Bonchev–Trinajstić information content (AvgIpc) is 2.64. The molecule has 0 aliphatic carbocycles. The van der Waals surface area contributed by atoms with Crippen molar-refractivity contribution < 1.29 is 14.6 Å². The fourth-order valence-corrected chi connectivity index (χ4v) is 2.23. The average molecular weight is 352 g/mol. The van der Waals surface area contributed by atoms with E-state index in [2.05, 4.69) is 12.6 Å². The van der Waals surface area contributed by atoms with E-state index in [1.807, 2.05) is 42.5 Å². The monoisotopic (exact) mass is 352 g/mol. The molecule has 4 heteroatoms. The zero-order valence-corrected chi connectivity index (χ0v) is 14.8. The molecule has 0 aliphatic heterocycles. The molecule has 0 aromatic heterocycles. The highest BCUT2D eigenvalue weighted by Crippen LogP contribution is 2.22. The summed E-state index contributed by atoms with van der Waals surface area (Å²) in [6.45, 7) is 1.93. The fourth-order valence-electron chi connectivity index (χ4n) is 2.08. The molecular formula is C21H20O3S. The van der Waals surface area contributed by atoms with Gasteiger partial charge in [0.15, 0.2) is 5.78 Å². The van der Waals surface area contributed by atoms with E-state index in [-0.39, 0.29) is 12.4 Å². The second kappa shape index (κ2) is 9.67. The van der Waals surface area contributed by atoms with Crippen molar-refractivity contribution in [2.75, 3.05) is 6.61 Å². The summed E-state index contributed by atoms with van der Waals surface area (Å²) in [5, 5.41) is 7.57. The Morgan fingerprint density at radius 3 is 1.80 bits per heavy atom. The molecule has 0 saturated carbocycles. The summed E-state index contributed by atoms with van der Waals surface area (Å²) in [5.41, 5.74) is 1.28. The lowest BCUT2D eigenvalue weighted by Crippen LogP contribution is -2.00. The second-order valence-corrected chi connectivity index (χ2v) is 5.65. The van der Waals surface area contributed by atoms with E-state index >= 15 is 0 Å². The van der Waals surface area contributed by atoms with Gasteiger partial charge >= 0.3 is 0 Å². The molecule has 1 N–H and O–H groups in total. The number of para-hydroxylation sites is 1. The van der Waals surface area contributed by atoms with Crippen molar-refractivity contribution in [3.8, 4) is 11.5 Å². The van der Waals surface area contributed by atoms with Crippen molar-refractivity contribution in [3.05, 3.63) is 90.0 Å². The van der Waals surface area contributed by atoms with Gasteiger partial charge in [0.1, 0.15) is 11.5 Å². The van der Waals surface area contributed by atoms with E-state index in [9.17, 15) is 4.79 Å². The van der Waals surface area contributed by atoms with Crippen LogP contribution in [0.1, 0.15) is 22.8 Å². The Morgan fingerprint density at radius 2 is 1.28 bits per heavy atom. The molecule has 0 unspecified atom stereocenters. The summed E-state index contributed by atoms with van der Waals surface area (Å²) in [6.07, 6.45) is 0. The molecule has 3 aromatic rings. The van der Waals surface area contributed by atoms with Crippen molar-refractivity contribution >= 4 is 18.4 Å². The third-order valence-corrected chi connectivity index (χ3v) is 3.52. The minimum Gasteiger partial charge on any atom is -0.457 e. The van der Waals surface area contributed by atoms with Gasteiger partial charge in [-0.3, -0.25) is 4.79 Å². The Hall–Kier alpha value is -2.56. The number of aliphatic hydroxyl groups excluding tert-OH is 1. The normalized spacial score (nSPS) is 9.72. The first-order valence-corrected chi connectivity index (χ1v) is 8.36. The maximum atomic E-state index is 12.4. The second-order valence-electron chi connectivity index (χ2n) is 5.13. The van der Waals surface area contributed by atoms with Crippen molar-refractivity contribution in [2.45, 2.75) is 11.8 Å². The molecule has 0 aliphatic rings. The van der Waals surface area contributed by atoms with E-state index < -0.39 is 0 Å². The number of aliphatic hydroxyl groups is 1. The Labute approximate surface area is 153 Å². The van der Waals surface area contributed by atoms with Gasteiger partial charge in [-0.15, -0.1) is 12.6 Å². The highest BCUT2D eigenvalue weighted by molar-refractivity contribution is 7.80. The number of carbonyl (C=O) groups is 1. The van der Waals surface area contributed by atoms with Crippen LogP contribution >= 0.6 is 12.6 Å². The maximum absolute atomic E-state index is 12.4. The number of thiol groups is 1. The van der Waals surface area contributed by atoms with E-state index in [1.165, 1.54) is 0 Å². The van der Waals surface area contributed by atoms with Crippen LogP contribution in [0.15, 0.2) is 83.8 Å². The van der Waals surface area contributed by atoms with Crippen molar-refractivity contribution in [1.82, 2.24) is 0 Å². The van der Waals surface area contributed by atoms with E-state index in [0.717, 1.165) is 10.6 Å². The molecular weight excluding hydrogens is 332 g/mol. The van der Waals surface area contributed by atoms with Crippen LogP contribution in [-0.2, 0) is 0 Å². The Balaban J connectivity index is 0.000000701. The standard InChI is InChI=1S/C19H14O2S.C2H6O/c20-19(15-8-12-18(22)13-9-15)14-6-10-17(11-7-14)21-16-4-2-1-3-5-16;1-2-3/h1-13,22H;3H,2H2,1H3. The van der Waals surface area contributed by atoms with Crippen LogP contribution in [0.2, 0.25) is 0 Å². The first kappa shape index (κ1) is 18.8. The summed E-state index contributed by atoms with van der Waals surface area (Å²) < 4.78 is 5.71. The maximum Gasteiger partial charge on any atom is 0.193 e. The van der Waals surface area contributed by atoms with Crippen LogP contribution in [0.5, 0.6) is 11.5 Å². The molecule has 0 spiro atoms. The molecule has 0 saturated heterocycles. The molecule has 3 rings (SSSR count). The van der Waals surface area contributed by atoms with Gasteiger partial charge in [-0.1, -0.05) is 18.2 Å². The number of ketones is 1. The molecule has 0 fully saturated rings. The van der Waals surface area contributed by atoms with Crippen molar-refractivity contribution in [1.29, 1.82) is 0 Å². The summed E-state index contributed by atoms with van der Waals surface area (Å²) >= 11 is 4.22. The molecule has 0 radical (unpaired) electrons. The van der Waals surface area contributed by atoms with Crippen LogP contribution < -0.4 is 4.74 Å². The lowest BCUT2D eigenvalue weighted by molar-refractivity contribution is 0.103. The number of benzene rings is 3. The third-order valence-electron chi connectivity index (χ3n) is 3.22. The lowest BCUT2D eigenvalue weighted by atomic mass is 10.0. The number of rotatable bonds is 4. The third kappa shape index (κ3) is 5.78. The molecule has 0 amide bonds. The Kier molecular flexibility index (Phi) is 7.26. The molecule has 25 heavy (non-hydrogen) atoms. The SMILES string of the molecule is CCO.O=C(c1ccc(S)cc1)c1ccc(Oc2ccccc2)cc1. The smallest absolute Gasteiger partial charge is 0.193 e. The van der Waals surface area contributed by atoms with E-state index in [1.54, 1.807) is 43.3 Å². The van der Waals surface area contributed by atoms with E-state index in [4.69, 9.17) is 9.84 Å². The first-order valence-electron chi connectivity index (χ1n) is 7.91. The predicted octanol–water partition coefficient (Wildman–Crippen LogP) is 5.00. The number of hydrogen-bond acceptors (Lipinski definition) is 4. The van der Waals surface area contributed by atoms with Gasteiger partial charge in [0, 0.05) is 22.6 Å². The fraction of sp³-hybridized carbons (Fsp3) is 0.0952. The molecule has 0 bridgehead atoms. The quantitative estimate of drug-likeness (QED) is 0.513. The number of hydrogen-bond donors (Lipinski definition) is 2. The highest BCUT2D eigenvalue weighted by atomic mass is 32.1. The van der Waals surface area contributed by atoms with Crippen molar-refractivity contribution in [3.63, 3.8) is 0 Å². The first-order chi connectivity index (χ1) is 12.1. The summed E-state index contributed by atoms with van der Waals surface area (Å²) in [7, 11) is 0. The summed E-state index contributed by atoms with van der Waals surface area (Å²) in [5.74, 6) is 1.46. The highest BCUT2D eigenvalue weighted by Gasteiger charge is 2.09. The van der Waals surface area contributed by atoms with Gasteiger partial charge in [-0.25, -0.2) is 0 Å². The van der Waals surface area contributed by atoms with Gasteiger partial charge in [0.25, 0.3) is 0 Å². The topological polar surface area (TPSA) is 46.5 Å². The predicted molar refractivity (Wildman–Crippen MR) is 103 cm³/mol. The van der Waals surface area contributed by atoms with Crippen LogP contribution in [0, 0.1) is 0 Å². The molecule has 0 heterocycles. The zero-order valence-electron chi connectivity index (χ0n) is 13.9. The summed E-state index contributed by atoms with van der Waals surface area (Å²) in [6, 6.07) is 23.9. The van der Waals surface area contributed by atoms with Gasteiger partial charge in [-0.2, -0.15) is 0 Å². The molecule has 3 nitrogen and oxygen atoms in total. The minimum atomic E-state index is -0.0143. The Bertz CT molecular complexity index is 782. The molecule has 128 valence electrons. The van der Waals surface area contributed by atoms with Gasteiger partial charge < -0.3 is 9.84 Å². The molecule has 0 atom stereocenters. The number of carbonyl (C=O) groups excluding carboxylic acids is 1. The summed E-state index contributed by atoms with van der Waals surface area (Å²) in [4.78, 5) is 13.2. The Morgan fingerprint density at radius 1 is 0.840 bits per heavy atom. The largest absolute Gasteiger partial charge is 0.457 e. The van der Waals surface area contributed by atoms with E-state index in [0.29, 0.717) is 16.9 Å². The zero-order chi connectivity index (χ0) is 18.1. The van der Waals surface area contributed by atoms with Gasteiger partial charge in [0.2, 0.25) is 0 Å². The van der Waals surface area contributed by atoms with Gasteiger partial charge in [-0.05, 0) is 67.6 Å². The van der Waals surface area contributed by atoms with Crippen LogP contribution in [0.3, 0.4) is 0 Å². The van der Waals surface area contributed by atoms with Gasteiger partial charge in [0.05, 0.1) is 0 Å². The molecule has 3 aromatic carbocycles. The van der Waals surface area contributed by atoms with Crippen molar-refractivity contribution in [2.24, 2.45) is 0 Å².